The summed E-state index contributed by atoms with van der Waals surface area (Å²) in [5.74, 6) is 0. The number of rotatable bonds is 6. The van der Waals surface area contributed by atoms with E-state index in [-0.39, 0.29) is 34.2 Å². The van der Waals surface area contributed by atoms with E-state index >= 15 is 0 Å². The van der Waals surface area contributed by atoms with Gasteiger partial charge in [0.2, 0.25) is 0 Å². The Hall–Kier alpha value is -11.6. The van der Waals surface area contributed by atoms with Crippen molar-refractivity contribution in [2.24, 2.45) is 0 Å². The van der Waals surface area contributed by atoms with Crippen molar-refractivity contribution >= 4 is 45.1 Å². The number of para-hydroxylation sites is 2. The summed E-state index contributed by atoms with van der Waals surface area (Å²) in [6.07, 6.45) is 0. The molecule has 0 atom stereocenters. The highest BCUT2D eigenvalue weighted by atomic mass is 35.5. The normalized spacial score (nSPS) is 10.4. The molecule has 0 aliphatic carbocycles. The molecule has 0 N–H and O–H groups in total. The molecule has 12 rings (SSSR count). The van der Waals surface area contributed by atoms with Crippen molar-refractivity contribution in [1.29, 1.82) is 31.6 Å². The fourth-order valence-corrected chi connectivity index (χ4v) is 8.85. The van der Waals surface area contributed by atoms with Gasteiger partial charge in [-0.25, -0.2) is 29.9 Å². The standard InChI is InChI=1S/C21H13N5.C20H10ClN5.C20H11N5/c1-14-7-9-16(10-8-14)26-20(15-5-3-2-4-6-15)11-17-21(26)25-19(13-23)18(12-22)24-17;21-14-8-4-5-9-18(14)26-19(13-6-2-1-3-7-13)10-15-20(26)25-17(12-23)16(11-22)24-15;21-12-17-18(13-22)24-20-16(23-17)11-19(14-7-3-1-4-8-14)25(20)15-9-5-2-6-10-15/h2-11H,1H3;1-10H;1-11H. The molecule has 15 nitrogen and oxygen atoms in total. The zero-order valence-corrected chi connectivity index (χ0v) is 41.2. The SMILES string of the molecule is Cc1ccc(-n2c(-c3ccccc3)cc3nc(C#N)c(C#N)nc32)cc1.N#Cc1nc2cc(-c3ccccc3)n(-c3ccccc3)c2nc1C#N.N#Cc1nc2cc(-c3ccccc3)n(-c3ccccc3Cl)c2nc1C#N. The van der Waals surface area contributed by atoms with Crippen molar-refractivity contribution in [3.05, 3.63) is 233 Å². The van der Waals surface area contributed by atoms with Gasteiger partial charge in [0.1, 0.15) is 53.0 Å². The zero-order valence-electron chi connectivity index (χ0n) is 40.5. The van der Waals surface area contributed by atoms with Crippen LogP contribution in [-0.2, 0) is 0 Å². The number of hydrogen-bond acceptors (Lipinski definition) is 12. The molecule has 77 heavy (non-hydrogen) atoms. The van der Waals surface area contributed by atoms with Crippen LogP contribution >= 0.6 is 11.6 Å². The van der Waals surface area contributed by atoms with E-state index in [9.17, 15) is 31.6 Å². The average molecular weight is 1010 g/mol. The second-order valence-electron chi connectivity index (χ2n) is 16.9. The van der Waals surface area contributed by atoms with Gasteiger partial charge in [-0.2, -0.15) is 31.6 Å². The van der Waals surface area contributed by atoms with Crippen molar-refractivity contribution in [2.45, 2.75) is 6.92 Å². The van der Waals surface area contributed by atoms with Crippen molar-refractivity contribution in [2.75, 3.05) is 0 Å². The van der Waals surface area contributed by atoms with E-state index in [4.69, 9.17) is 11.6 Å². The van der Waals surface area contributed by atoms with Crippen molar-refractivity contribution in [1.82, 2.24) is 43.6 Å². The maximum atomic E-state index is 9.32. The maximum Gasteiger partial charge on any atom is 0.179 e. The predicted molar refractivity (Wildman–Crippen MR) is 291 cm³/mol. The minimum atomic E-state index is -0.00832. The third kappa shape index (κ3) is 9.63. The highest BCUT2D eigenvalue weighted by Crippen LogP contribution is 2.35. The molecule has 6 aromatic carbocycles. The van der Waals surface area contributed by atoms with Crippen molar-refractivity contribution in [3.8, 4) is 87.2 Å². The molecule has 0 radical (unpaired) electrons. The number of fused-ring (bicyclic) bond motifs is 3. The van der Waals surface area contributed by atoms with Gasteiger partial charge in [0.15, 0.2) is 51.1 Å². The van der Waals surface area contributed by atoms with Crippen LogP contribution in [0.4, 0.5) is 0 Å². The second-order valence-corrected chi connectivity index (χ2v) is 17.3. The molecular formula is C61H34ClN15. The summed E-state index contributed by atoms with van der Waals surface area (Å²) in [5.41, 5.74) is 12.8. The van der Waals surface area contributed by atoms with Gasteiger partial charge in [-0.15, -0.1) is 0 Å². The molecule has 0 saturated carbocycles. The molecule has 16 heteroatoms. The Morgan fingerprint density at radius 3 is 1.00 bits per heavy atom. The van der Waals surface area contributed by atoms with Gasteiger partial charge in [-0.3, -0.25) is 13.7 Å². The van der Waals surface area contributed by atoms with E-state index in [2.05, 4.69) is 29.9 Å². The monoisotopic (exact) mass is 1010 g/mol. The number of aromatic nitrogens is 9. The van der Waals surface area contributed by atoms with Gasteiger partial charge >= 0.3 is 0 Å². The van der Waals surface area contributed by atoms with Gasteiger partial charge in [-0.05, 0) is 78.2 Å². The Kier molecular flexibility index (Phi) is 13.8. The average Bonchev–Trinajstić information content (AvgIpc) is 4.33. The van der Waals surface area contributed by atoms with Gasteiger partial charge in [0.25, 0.3) is 0 Å². The van der Waals surface area contributed by atoms with E-state index < -0.39 is 0 Å². The van der Waals surface area contributed by atoms with E-state index in [0.29, 0.717) is 38.5 Å². The first-order chi connectivity index (χ1) is 37.7. The van der Waals surface area contributed by atoms with Crippen LogP contribution in [0.5, 0.6) is 0 Å². The van der Waals surface area contributed by atoms with Gasteiger partial charge in [-0.1, -0.05) is 151 Å². The Labute approximate surface area is 445 Å². The third-order valence-corrected chi connectivity index (χ3v) is 12.5. The maximum absolute atomic E-state index is 9.32. The summed E-state index contributed by atoms with van der Waals surface area (Å²) in [6.45, 7) is 2.03. The summed E-state index contributed by atoms with van der Waals surface area (Å²) in [6, 6.07) is 72.1. The van der Waals surface area contributed by atoms with Crippen molar-refractivity contribution in [3.63, 3.8) is 0 Å². The summed E-state index contributed by atoms with van der Waals surface area (Å²) in [4.78, 5) is 26.2. The summed E-state index contributed by atoms with van der Waals surface area (Å²) in [5, 5.41) is 56.1. The molecule has 0 aliphatic rings. The Morgan fingerprint density at radius 2 is 0.636 bits per heavy atom. The molecule has 12 aromatic rings. The van der Waals surface area contributed by atoms with Gasteiger partial charge in [0.05, 0.1) is 27.8 Å². The molecule has 6 aromatic heterocycles. The van der Waals surface area contributed by atoms with Crippen LogP contribution in [0.1, 0.15) is 39.7 Å². The number of aryl methyl sites for hydroxylation is 1. The minimum Gasteiger partial charge on any atom is -0.293 e. The largest absolute Gasteiger partial charge is 0.293 e. The van der Waals surface area contributed by atoms with Gasteiger partial charge in [0, 0.05) is 11.4 Å². The molecule has 0 bridgehead atoms. The molecular weight excluding hydrogens is 978 g/mol. The molecule has 0 saturated heterocycles. The van der Waals surface area contributed by atoms with Gasteiger partial charge < -0.3 is 0 Å². The van der Waals surface area contributed by atoms with E-state index in [1.807, 2.05) is 239 Å². The van der Waals surface area contributed by atoms with Crippen LogP contribution in [0.15, 0.2) is 188 Å². The lowest BCUT2D eigenvalue weighted by Gasteiger charge is -2.12. The highest BCUT2D eigenvalue weighted by Gasteiger charge is 2.22. The molecule has 0 fully saturated rings. The second kappa shape index (κ2) is 21.6. The molecule has 6 heterocycles. The summed E-state index contributed by atoms with van der Waals surface area (Å²) < 4.78 is 5.79. The Balaban J connectivity index is 0.000000131. The number of benzene rings is 6. The summed E-state index contributed by atoms with van der Waals surface area (Å²) >= 11 is 6.42. The highest BCUT2D eigenvalue weighted by molar-refractivity contribution is 6.32. The van der Waals surface area contributed by atoms with Crippen LogP contribution in [0.2, 0.25) is 5.02 Å². The number of halogens is 1. The topological polar surface area (TPSA) is 235 Å². The molecule has 0 amide bonds. The fourth-order valence-electron chi connectivity index (χ4n) is 8.63. The van der Waals surface area contributed by atoms with E-state index in [1.165, 1.54) is 0 Å². The first-order valence-corrected chi connectivity index (χ1v) is 23.9. The van der Waals surface area contributed by atoms with E-state index in [0.717, 1.165) is 56.4 Å². The van der Waals surface area contributed by atoms with Crippen LogP contribution in [0.3, 0.4) is 0 Å². The van der Waals surface area contributed by atoms with Crippen molar-refractivity contribution < 1.29 is 0 Å². The number of nitrogens with zero attached hydrogens (tertiary/aromatic N) is 15. The predicted octanol–water partition coefficient (Wildman–Crippen LogP) is 12.5. The molecule has 360 valence electrons. The number of nitriles is 6. The third-order valence-electron chi connectivity index (χ3n) is 12.1. The van der Waals surface area contributed by atoms with Crippen LogP contribution < -0.4 is 0 Å². The molecule has 0 aliphatic heterocycles. The smallest absolute Gasteiger partial charge is 0.179 e. The Bertz CT molecular complexity index is 4470. The van der Waals surface area contributed by atoms with Crippen LogP contribution in [-0.4, -0.2) is 43.6 Å². The fraction of sp³-hybridized carbons (Fsp3) is 0.0164. The van der Waals surface area contributed by atoms with Crippen LogP contribution in [0.25, 0.3) is 84.3 Å². The number of hydrogen-bond donors (Lipinski definition) is 0. The lowest BCUT2D eigenvalue weighted by molar-refractivity contribution is 1.07. The lowest BCUT2D eigenvalue weighted by atomic mass is 10.1. The minimum absolute atomic E-state index is 0.00832. The first kappa shape index (κ1) is 49.0. The summed E-state index contributed by atoms with van der Waals surface area (Å²) in [7, 11) is 0. The quantitative estimate of drug-likeness (QED) is 0.151. The zero-order chi connectivity index (χ0) is 53.4. The molecule has 0 unspecified atom stereocenters. The molecule has 0 spiro atoms. The van der Waals surface area contributed by atoms with E-state index in [1.54, 1.807) is 6.07 Å². The Morgan fingerprint density at radius 1 is 0.338 bits per heavy atom. The lowest BCUT2D eigenvalue weighted by Crippen LogP contribution is -2.01. The van der Waals surface area contributed by atoms with Crippen LogP contribution in [0, 0.1) is 74.9 Å². The first-order valence-electron chi connectivity index (χ1n) is 23.5.